The summed E-state index contributed by atoms with van der Waals surface area (Å²) in [5.74, 6) is 0.129. The molecule has 0 aliphatic carbocycles. The van der Waals surface area contributed by atoms with Crippen molar-refractivity contribution in [3.63, 3.8) is 0 Å². The molecule has 0 radical (unpaired) electrons. The summed E-state index contributed by atoms with van der Waals surface area (Å²) in [6.45, 7) is 0. The molecule has 0 fully saturated rings. The highest BCUT2D eigenvalue weighted by Gasteiger charge is 2.09. The Labute approximate surface area is 95.8 Å². The summed E-state index contributed by atoms with van der Waals surface area (Å²) in [5.41, 5.74) is 1.70. The van der Waals surface area contributed by atoms with Gasteiger partial charge in [-0.15, -0.1) is 0 Å². The molecule has 5 heteroatoms. The van der Waals surface area contributed by atoms with E-state index in [-0.39, 0.29) is 5.75 Å². The molecule has 0 saturated carbocycles. The Morgan fingerprint density at radius 2 is 2.12 bits per heavy atom. The quantitative estimate of drug-likeness (QED) is 0.673. The third-order valence-electron chi connectivity index (χ3n) is 2.49. The Morgan fingerprint density at radius 1 is 1.24 bits per heavy atom. The number of pyridine rings is 1. The summed E-state index contributed by atoms with van der Waals surface area (Å²) in [7, 11) is 0. The highest BCUT2D eigenvalue weighted by molar-refractivity contribution is 5.80. The van der Waals surface area contributed by atoms with Crippen LogP contribution in [0.2, 0.25) is 0 Å². The zero-order valence-corrected chi connectivity index (χ0v) is 8.68. The molecule has 84 valence electrons. The van der Waals surface area contributed by atoms with Crippen molar-refractivity contribution in [2.45, 2.75) is 0 Å². The molecule has 3 aromatic rings. The van der Waals surface area contributed by atoms with Gasteiger partial charge in [-0.25, -0.2) is 9.37 Å². The first-order valence-electron chi connectivity index (χ1n) is 5.02. The standard InChI is InChI=1S/C12H8FN3O/c13-9-6-14-4-3-8(9)12-15-10-2-1-7(17)5-11(10)16-12/h1-6,17H,(H,15,16). The van der Waals surface area contributed by atoms with Crippen molar-refractivity contribution in [2.75, 3.05) is 0 Å². The maximum absolute atomic E-state index is 13.5. The first-order chi connectivity index (χ1) is 8.24. The lowest BCUT2D eigenvalue weighted by Gasteiger charge is -1.96. The van der Waals surface area contributed by atoms with Gasteiger partial charge < -0.3 is 10.1 Å². The number of H-pyrrole nitrogens is 1. The lowest BCUT2D eigenvalue weighted by atomic mass is 10.2. The van der Waals surface area contributed by atoms with Gasteiger partial charge in [0.1, 0.15) is 11.6 Å². The number of rotatable bonds is 1. The fraction of sp³-hybridized carbons (Fsp3) is 0. The molecular weight excluding hydrogens is 221 g/mol. The van der Waals surface area contributed by atoms with Gasteiger partial charge in [-0.1, -0.05) is 0 Å². The lowest BCUT2D eigenvalue weighted by molar-refractivity contribution is 0.476. The van der Waals surface area contributed by atoms with Crippen LogP contribution < -0.4 is 0 Å². The van der Waals surface area contributed by atoms with Gasteiger partial charge in [0, 0.05) is 12.3 Å². The molecule has 3 rings (SSSR count). The van der Waals surface area contributed by atoms with Gasteiger partial charge in [-0.3, -0.25) is 4.98 Å². The second-order valence-electron chi connectivity index (χ2n) is 3.64. The fourth-order valence-corrected chi connectivity index (χ4v) is 1.69. The van der Waals surface area contributed by atoms with E-state index in [1.54, 1.807) is 18.2 Å². The number of halogens is 1. The number of aromatic hydroxyl groups is 1. The van der Waals surface area contributed by atoms with Gasteiger partial charge in [-0.2, -0.15) is 0 Å². The van der Waals surface area contributed by atoms with E-state index in [1.165, 1.54) is 12.3 Å². The molecule has 0 bridgehead atoms. The molecule has 0 aliphatic heterocycles. The minimum Gasteiger partial charge on any atom is -0.508 e. The van der Waals surface area contributed by atoms with Crippen LogP contribution in [0.4, 0.5) is 4.39 Å². The molecule has 17 heavy (non-hydrogen) atoms. The summed E-state index contributed by atoms with van der Waals surface area (Å²) in [5, 5.41) is 9.33. The topological polar surface area (TPSA) is 61.8 Å². The van der Waals surface area contributed by atoms with Crippen LogP contribution in [-0.2, 0) is 0 Å². The number of nitrogens with one attached hydrogen (secondary N) is 1. The zero-order valence-electron chi connectivity index (χ0n) is 8.68. The molecule has 2 heterocycles. The van der Waals surface area contributed by atoms with E-state index in [1.807, 2.05) is 0 Å². The molecular formula is C12H8FN3O. The minimum absolute atomic E-state index is 0.142. The normalized spacial score (nSPS) is 10.9. The van der Waals surface area contributed by atoms with Crippen molar-refractivity contribution in [1.29, 1.82) is 0 Å². The molecule has 0 unspecified atom stereocenters. The summed E-state index contributed by atoms with van der Waals surface area (Å²) < 4.78 is 13.5. The van der Waals surface area contributed by atoms with Crippen LogP contribution in [0, 0.1) is 5.82 Å². The second kappa shape index (κ2) is 3.55. The number of nitrogens with zero attached hydrogens (tertiary/aromatic N) is 2. The molecule has 2 N–H and O–H groups in total. The van der Waals surface area contributed by atoms with Crippen LogP contribution in [0.25, 0.3) is 22.4 Å². The summed E-state index contributed by atoms with van der Waals surface area (Å²) >= 11 is 0. The van der Waals surface area contributed by atoms with Crippen molar-refractivity contribution >= 4 is 11.0 Å². The predicted octanol–water partition coefficient (Wildman–Crippen LogP) is 2.47. The van der Waals surface area contributed by atoms with Gasteiger partial charge in [0.2, 0.25) is 0 Å². The van der Waals surface area contributed by atoms with Gasteiger partial charge in [-0.05, 0) is 18.2 Å². The fourth-order valence-electron chi connectivity index (χ4n) is 1.69. The Bertz CT molecular complexity index is 693. The van der Waals surface area contributed by atoms with Crippen molar-refractivity contribution in [2.24, 2.45) is 0 Å². The van der Waals surface area contributed by atoms with E-state index in [4.69, 9.17) is 0 Å². The summed E-state index contributed by atoms with van der Waals surface area (Å²) in [6, 6.07) is 6.30. The maximum Gasteiger partial charge on any atom is 0.152 e. The lowest BCUT2D eigenvalue weighted by Crippen LogP contribution is -1.86. The van der Waals surface area contributed by atoms with Crippen LogP contribution in [0.3, 0.4) is 0 Å². The number of imidazole rings is 1. The van der Waals surface area contributed by atoms with Crippen molar-refractivity contribution in [3.05, 3.63) is 42.5 Å². The van der Waals surface area contributed by atoms with Crippen molar-refractivity contribution < 1.29 is 9.50 Å². The van der Waals surface area contributed by atoms with E-state index in [9.17, 15) is 9.50 Å². The number of hydrogen-bond acceptors (Lipinski definition) is 3. The van der Waals surface area contributed by atoms with Gasteiger partial charge in [0.15, 0.2) is 5.82 Å². The largest absolute Gasteiger partial charge is 0.508 e. The Kier molecular flexibility index (Phi) is 2.04. The predicted molar refractivity (Wildman–Crippen MR) is 60.9 cm³/mol. The number of aromatic amines is 1. The van der Waals surface area contributed by atoms with Crippen LogP contribution in [0.5, 0.6) is 5.75 Å². The molecule has 2 aromatic heterocycles. The maximum atomic E-state index is 13.5. The average molecular weight is 229 g/mol. The highest BCUT2D eigenvalue weighted by Crippen LogP contribution is 2.24. The van der Waals surface area contributed by atoms with Crippen LogP contribution in [0.1, 0.15) is 0 Å². The SMILES string of the molecule is Oc1ccc2nc(-c3ccncc3F)[nH]c2c1. The van der Waals surface area contributed by atoms with Gasteiger partial charge in [0.25, 0.3) is 0 Å². The van der Waals surface area contributed by atoms with E-state index in [0.717, 1.165) is 6.20 Å². The monoisotopic (exact) mass is 229 g/mol. The van der Waals surface area contributed by atoms with Gasteiger partial charge >= 0.3 is 0 Å². The highest BCUT2D eigenvalue weighted by atomic mass is 19.1. The molecule has 1 aromatic carbocycles. The number of phenolic OH excluding ortho intramolecular Hbond substituents is 1. The first kappa shape index (κ1) is 9.77. The van der Waals surface area contributed by atoms with Crippen molar-refractivity contribution in [1.82, 2.24) is 15.0 Å². The molecule has 0 aliphatic rings. The molecule has 0 atom stereocenters. The Hall–Kier alpha value is -2.43. The molecule has 4 nitrogen and oxygen atoms in total. The Balaban J connectivity index is 2.22. The smallest absolute Gasteiger partial charge is 0.152 e. The number of phenols is 1. The number of benzene rings is 1. The van der Waals surface area contributed by atoms with E-state index in [0.29, 0.717) is 22.4 Å². The zero-order chi connectivity index (χ0) is 11.8. The third-order valence-corrected chi connectivity index (χ3v) is 2.49. The number of fused-ring (bicyclic) bond motifs is 1. The average Bonchev–Trinajstić information content (AvgIpc) is 2.72. The van der Waals surface area contributed by atoms with Crippen LogP contribution in [-0.4, -0.2) is 20.1 Å². The molecule has 0 spiro atoms. The van der Waals surface area contributed by atoms with E-state index < -0.39 is 5.82 Å². The van der Waals surface area contributed by atoms with Crippen LogP contribution in [0.15, 0.2) is 36.7 Å². The van der Waals surface area contributed by atoms with Gasteiger partial charge in [0.05, 0.1) is 22.8 Å². The van der Waals surface area contributed by atoms with E-state index >= 15 is 0 Å². The Morgan fingerprint density at radius 3 is 2.94 bits per heavy atom. The van der Waals surface area contributed by atoms with Crippen molar-refractivity contribution in [3.8, 4) is 17.1 Å². The second-order valence-corrected chi connectivity index (χ2v) is 3.64. The minimum atomic E-state index is -0.434. The molecule has 0 amide bonds. The van der Waals surface area contributed by atoms with E-state index in [2.05, 4.69) is 15.0 Å². The van der Waals surface area contributed by atoms with Crippen LogP contribution >= 0.6 is 0 Å². The summed E-state index contributed by atoms with van der Waals surface area (Å²) in [4.78, 5) is 10.9. The number of hydrogen-bond donors (Lipinski definition) is 2. The number of aromatic nitrogens is 3. The third kappa shape index (κ3) is 1.61. The summed E-state index contributed by atoms with van der Waals surface area (Å²) in [6.07, 6.45) is 2.64. The first-order valence-corrected chi connectivity index (χ1v) is 5.02. The molecule has 0 saturated heterocycles.